The molecular formula is C19H20BrF2NO4. The smallest absolute Gasteiger partial charge is 0.387 e. The van der Waals surface area contributed by atoms with Gasteiger partial charge in [0.15, 0.2) is 11.5 Å². The largest absolute Gasteiger partial charge is 0.493 e. The number of methoxy groups -OCH3 is 1. The van der Waals surface area contributed by atoms with Gasteiger partial charge in [-0.2, -0.15) is 8.78 Å². The standard InChI is InChI=1S/C19H20BrF2NO4/c1-25-17-11-13(8-9-16(17)27-19(21)22)12-23-18(24)7-4-10-26-15-6-3-2-5-14(15)20/h2-3,5-6,8-9,11,19H,4,7,10,12H2,1H3,(H,23,24). The number of alkyl halides is 2. The van der Waals surface area contributed by atoms with E-state index in [1.807, 2.05) is 24.3 Å². The van der Waals surface area contributed by atoms with E-state index in [0.29, 0.717) is 25.0 Å². The van der Waals surface area contributed by atoms with Crippen LogP contribution >= 0.6 is 15.9 Å². The Bertz CT molecular complexity index is 758. The maximum Gasteiger partial charge on any atom is 0.387 e. The number of halogens is 3. The second-order valence-electron chi connectivity index (χ2n) is 5.52. The molecule has 27 heavy (non-hydrogen) atoms. The summed E-state index contributed by atoms with van der Waals surface area (Å²) >= 11 is 3.39. The van der Waals surface area contributed by atoms with Gasteiger partial charge in [-0.1, -0.05) is 18.2 Å². The number of para-hydroxylation sites is 1. The Balaban J connectivity index is 1.74. The molecule has 146 valence electrons. The van der Waals surface area contributed by atoms with E-state index in [-0.39, 0.29) is 24.0 Å². The topological polar surface area (TPSA) is 56.8 Å². The average molecular weight is 444 g/mol. The van der Waals surface area contributed by atoms with E-state index < -0.39 is 6.61 Å². The van der Waals surface area contributed by atoms with Crippen molar-refractivity contribution >= 4 is 21.8 Å². The van der Waals surface area contributed by atoms with E-state index in [1.165, 1.54) is 13.2 Å². The first kappa shape index (κ1) is 21.0. The Hall–Kier alpha value is -2.35. The zero-order valence-electron chi connectivity index (χ0n) is 14.7. The molecule has 1 N–H and O–H groups in total. The summed E-state index contributed by atoms with van der Waals surface area (Å²) in [5.74, 6) is 0.740. The van der Waals surface area contributed by atoms with E-state index in [4.69, 9.17) is 9.47 Å². The molecule has 0 fully saturated rings. The first-order chi connectivity index (χ1) is 13.0. The Morgan fingerprint density at radius 3 is 2.63 bits per heavy atom. The zero-order valence-corrected chi connectivity index (χ0v) is 16.3. The summed E-state index contributed by atoms with van der Waals surface area (Å²) in [5.41, 5.74) is 0.714. The summed E-state index contributed by atoms with van der Waals surface area (Å²) < 4.78 is 40.5. The summed E-state index contributed by atoms with van der Waals surface area (Å²) in [6.45, 7) is -2.25. The highest BCUT2D eigenvalue weighted by atomic mass is 79.9. The van der Waals surface area contributed by atoms with Gasteiger partial charge in [-0.15, -0.1) is 0 Å². The van der Waals surface area contributed by atoms with Gasteiger partial charge in [0.05, 0.1) is 18.2 Å². The van der Waals surface area contributed by atoms with Gasteiger partial charge in [-0.25, -0.2) is 0 Å². The van der Waals surface area contributed by atoms with Crippen molar-refractivity contribution in [3.05, 3.63) is 52.5 Å². The fourth-order valence-electron chi connectivity index (χ4n) is 2.28. The van der Waals surface area contributed by atoms with Gasteiger partial charge in [0.1, 0.15) is 5.75 Å². The molecule has 8 heteroatoms. The van der Waals surface area contributed by atoms with E-state index in [1.54, 1.807) is 12.1 Å². The molecule has 0 saturated heterocycles. The van der Waals surface area contributed by atoms with E-state index in [2.05, 4.69) is 26.0 Å². The van der Waals surface area contributed by atoms with Crippen LogP contribution in [0.25, 0.3) is 0 Å². The summed E-state index contributed by atoms with van der Waals surface area (Å²) in [6, 6.07) is 12.0. The van der Waals surface area contributed by atoms with Crippen LogP contribution in [0.4, 0.5) is 8.78 Å². The SMILES string of the molecule is COc1cc(CNC(=O)CCCOc2ccccc2Br)ccc1OC(F)F. The van der Waals surface area contributed by atoms with Crippen molar-refractivity contribution in [2.75, 3.05) is 13.7 Å². The van der Waals surface area contributed by atoms with Crippen LogP contribution < -0.4 is 19.5 Å². The number of ether oxygens (including phenoxy) is 3. The zero-order chi connectivity index (χ0) is 19.6. The van der Waals surface area contributed by atoms with Gasteiger partial charge < -0.3 is 19.5 Å². The molecule has 0 aliphatic rings. The van der Waals surface area contributed by atoms with Crippen LogP contribution in [0.3, 0.4) is 0 Å². The highest BCUT2D eigenvalue weighted by Crippen LogP contribution is 2.29. The van der Waals surface area contributed by atoms with E-state index in [9.17, 15) is 13.6 Å². The summed E-state index contributed by atoms with van der Waals surface area (Å²) in [6.07, 6.45) is 0.881. The first-order valence-electron chi connectivity index (χ1n) is 8.25. The molecule has 0 spiro atoms. The van der Waals surface area contributed by atoms with Crippen molar-refractivity contribution in [2.24, 2.45) is 0 Å². The Kier molecular flexibility index (Phi) is 8.32. The van der Waals surface area contributed by atoms with Crippen molar-refractivity contribution in [1.29, 1.82) is 0 Å². The van der Waals surface area contributed by atoms with Gasteiger partial charge in [0.25, 0.3) is 0 Å². The van der Waals surface area contributed by atoms with Gasteiger partial charge in [-0.05, 0) is 52.2 Å². The lowest BCUT2D eigenvalue weighted by Gasteiger charge is -2.12. The Labute approximate surface area is 164 Å². The molecule has 0 aliphatic carbocycles. The minimum atomic E-state index is -2.93. The van der Waals surface area contributed by atoms with Crippen LogP contribution in [0.1, 0.15) is 18.4 Å². The molecule has 2 aromatic rings. The summed E-state index contributed by atoms with van der Waals surface area (Å²) in [7, 11) is 1.36. The van der Waals surface area contributed by atoms with Crippen molar-refractivity contribution in [3.8, 4) is 17.2 Å². The molecule has 0 heterocycles. The van der Waals surface area contributed by atoms with Gasteiger partial charge in [0, 0.05) is 13.0 Å². The van der Waals surface area contributed by atoms with Crippen LogP contribution in [-0.2, 0) is 11.3 Å². The third-order valence-electron chi connectivity index (χ3n) is 3.58. The van der Waals surface area contributed by atoms with Crippen molar-refractivity contribution in [3.63, 3.8) is 0 Å². The monoisotopic (exact) mass is 443 g/mol. The van der Waals surface area contributed by atoms with E-state index in [0.717, 1.165) is 10.2 Å². The molecule has 1 amide bonds. The fourth-order valence-corrected chi connectivity index (χ4v) is 2.68. The van der Waals surface area contributed by atoms with Crippen molar-refractivity contribution < 1.29 is 27.8 Å². The average Bonchev–Trinajstić information content (AvgIpc) is 2.65. The van der Waals surface area contributed by atoms with Crippen LogP contribution in [0, 0.1) is 0 Å². The lowest BCUT2D eigenvalue weighted by molar-refractivity contribution is -0.121. The second-order valence-corrected chi connectivity index (χ2v) is 6.38. The predicted octanol–water partition coefficient (Wildman–Crippen LogP) is 4.53. The normalized spacial score (nSPS) is 10.6. The minimum Gasteiger partial charge on any atom is -0.493 e. The van der Waals surface area contributed by atoms with E-state index >= 15 is 0 Å². The van der Waals surface area contributed by atoms with Crippen molar-refractivity contribution in [1.82, 2.24) is 5.32 Å². The summed E-state index contributed by atoms with van der Waals surface area (Å²) in [4.78, 5) is 11.9. The van der Waals surface area contributed by atoms with Gasteiger partial charge in [-0.3, -0.25) is 4.79 Å². The Morgan fingerprint density at radius 2 is 1.93 bits per heavy atom. The maximum absolute atomic E-state index is 12.3. The molecule has 0 atom stereocenters. The third kappa shape index (κ3) is 7.05. The molecule has 0 aromatic heterocycles. The first-order valence-corrected chi connectivity index (χ1v) is 9.04. The molecule has 0 bridgehead atoms. The number of carbonyl (C=O) groups excluding carboxylic acids is 1. The van der Waals surface area contributed by atoms with Gasteiger partial charge >= 0.3 is 6.61 Å². The van der Waals surface area contributed by atoms with Gasteiger partial charge in [0.2, 0.25) is 5.91 Å². The highest BCUT2D eigenvalue weighted by molar-refractivity contribution is 9.10. The molecule has 0 unspecified atom stereocenters. The lowest BCUT2D eigenvalue weighted by atomic mass is 10.2. The number of nitrogens with one attached hydrogen (secondary N) is 1. The maximum atomic E-state index is 12.3. The molecule has 2 rings (SSSR count). The Morgan fingerprint density at radius 1 is 1.15 bits per heavy atom. The third-order valence-corrected chi connectivity index (χ3v) is 4.23. The second kappa shape index (κ2) is 10.7. The highest BCUT2D eigenvalue weighted by Gasteiger charge is 2.11. The molecule has 0 aliphatic heterocycles. The molecule has 0 radical (unpaired) electrons. The molecular weight excluding hydrogens is 424 g/mol. The number of benzene rings is 2. The number of rotatable bonds is 10. The lowest BCUT2D eigenvalue weighted by Crippen LogP contribution is -2.23. The summed E-state index contributed by atoms with van der Waals surface area (Å²) in [5, 5.41) is 2.77. The van der Waals surface area contributed by atoms with Crippen LogP contribution in [0.2, 0.25) is 0 Å². The number of hydrogen-bond acceptors (Lipinski definition) is 4. The number of carbonyl (C=O) groups is 1. The number of hydrogen-bond donors (Lipinski definition) is 1. The minimum absolute atomic E-state index is 0.0493. The number of amides is 1. The van der Waals surface area contributed by atoms with Crippen LogP contribution in [-0.4, -0.2) is 26.2 Å². The quantitative estimate of drug-likeness (QED) is 0.547. The van der Waals surface area contributed by atoms with Crippen molar-refractivity contribution in [2.45, 2.75) is 26.0 Å². The van der Waals surface area contributed by atoms with Crippen LogP contribution in [0.15, 0.2) is 46.9 Å². The predicted molar refractivity (Wildman–Crippen MR) is 100 cm³/mol. The molecule has 0 saturated carbocycles. The molecule has 5 nitrogen and oxygen atoms in total. The molecule has 2 aromatic carbocycles. The fraction of sp³-hybridized carbons (Fsp3) is 0.316. The van der Waals surface area contributed by atoms with Crippen LogP contribution in [0.5, 0.6) is 17.2 Å².